The van der Waals surface area contributed by atoms with Gasteiger partial charge in [0.05, 0.1) is 16.5 Å². The van der Waals surface area contributed by atoms with E-state index in [0.717, 1.165) is 6.26 Å². The van der Waals surface area contributed by atoms with Crippen LogP contribution in [-0.4, -0.2) is 57.0 Å². The Morgan fingerprint density at radius 1 is 1.28 bits per heavy atom. The zero-order chi connectivity index (χ0) is 14.6. The SMILES string of the molecule is CCN(CC(C)C(N)=S)S(=O)(=O)CCS(C)(=O)=O. The number of thiocarbonyl (C=S) groups is 1. The Labute approximate surface area is 115 Å². The van der Waals surface area contributed by atoms with Crippen molar-refractivity contribution in [2.75, 3.05) is 30.9 Å². The largest absolute Gasteiger partial charge is 0.393 e. The number of sulfone groups is 1. The molecular weight excluding hydrogens is 296 g/mol. The lowest BCUT2D eigenvalue weighted by atomic mass is 10.2. The Hall–Kier alpha value is -0.250. The van der Waals surface area contributed by atoms with Gasteiger partial charge in [-0.15, -0.1) is 0 Å². The molecule has 0 spiro atoms. The zero-order valence-corrected chi connectivity index (χ0v) is 13.2. The summed E-state index contributed by atoms with van der Waals surface area (Å²) in [7, 11) is -6.90. The van der Waals surface area contributed by atoms with E-state index in [1.54, 1.807) is 13.8 Å². The van der Waals surface area contributed by atoms with Gasteiger partial charge in [-0.3, -0.25) is 0 Å². The number of hydrogen-bond donors (Lipinski definition) is 1. The number of nitrogens with zero attached hydrogens (tertiary/aromatic N) is 1. The maximum Gasteiger partial charge on any atom is 0.215 e. The first-order valence-electron chi connectivity index (χ1n) is 5.44. The maximum absolute atomic E-state index is 11.9. The Morgan fingerprint density at radius 2 is 1.78 bits per heavy atom. The van der Waals surface area contributed by atoms with Crippen molar-refractivity contribution in [2.24, 2.45) is 11.7 Å². The molecule has 0 heterocycles. The van der Waals surface area contributed by atoms with Gasteiger partial charge < -0.3 is 5.73 Å². The van der Waals surface area contributed by atoms with Gasteiger partial charge in [-0.2, -0.15) is 0 Å². The molecule has 108 valence electrons. The average Bonchev–Trinajstić information content (AvgIpc) is 2.21. The fourth-order valence-corrected chi connectivity index (χ4v) is 4.45. The van der Waals surface area contributed by atoms with Gasteiger partial charge in [-0.1, -0.05) is 26.1 Å². The minimum atomic E-state index is -3.60. The molecule has 0 saturated heterocycles. The van der Waals surface area contributed by atoms with Crippen LogP contribution in [0.5, 0.6) is 0 Å². The predicted octanol–water partition coefficient (Wildman–Crippen LogP) is -0.395. The van der Waals surface area contributed by atoms with Gasteiger partial charge in [0.2, 0.25) is 10.0 Å². The van der Waals surface area contributed by atoms with E-state index in [2.05, 4.69) is 0 Å². The molecule has 0 aliphatic heterocycles. The normalized spacial score (nSPS) is 14.7. The van der Waals surface area contributed by atoms with Crippen LogP contribution in [0.4, 0.5) is 0 Å². The molecule has 0 bridgehead atoms. The second-order valence-electron chi connectivity index (χ2n) is 4.20. The van der Waals surface area contributed by atoms with Crippen LogP contribution in [0.2, 0.25) is 0 Å². The van der Waals surface area contributed by atoms with Crippen LogP contribution in [-0.2, 0) is 19.9 Å². The molecule has 0 fully saturated rings. The van der Waals surface area contributed by atoms with Crippen molar-refractivity contribution in [1.29, 1.82) is 0 Å². The van der Waals surface area contributed by atoms with Gasteiger partial charge in [0, 0.05) is 25.3 Å². The van der Waals surface area contributed by atoms with Crippen LogP contribution in [0.3, 0.4) is 0 Å². The Morgan fingerprint density at radius 3 is 2.11 bits per heavy atom. The highest BCUT2D eigenvalue weighted by atomic mass is 32.2. The highest BCUT2D eigenvalue weighted by Crippen LogP contribution is 2.07. The van der Waals surface area contributed by atoms with Crippen molar-refractivity contribution >= 4 is 37.1 Å². The summed E-state index contributed by atoms with van der Waals surface area (Å²) in [6.45, 7) is 3.86. The summed E-state index contributed by atoms with van der Waals surface area (Å²) in [6, 6.07) is 0. The van der Waals surface area contributed by atoms with E-state index in [-0.39, 0.29) is 29.7 Å². The summed E-state index contributed by atoms with van der Waals surface area (Å²) < 4.78 is 47.1. The summed E-state index contributed by atoms with van der Waals surface area (Å²) >= 11 is 4.79. The Kier molecular flexibility index (Phi) is 6.69. The first-order chi connectivity index (χ1) is 7.99. The van der Waals surface area contributed by atoms with Crippen molar-refractivity contribution in [3.63, 3.8) is 0 Å². The minimum absolute atomic E-state index is 0.179. The van der Waals surface area contributed by atoms with Crippen molar-refractivity contribution in [2.45, 2.75) is 13.8 Å². The number of sulfonamides is 1. The van der Waals surface area contributed by atoms with E-state index >= 15 is 0 Å². The lowest BCUT2D eigenvalue weighted by Gasteiger charge is -2.23. The molecule has 2 N–H and O–H groups in total. The second-order valence-corrected chi connectivity index (χ2v) is 9.02. The maximum atomic E-state index is 11.9. The van der Waals surface area contributed by atoms with Crippen LogP contribution in [0.1, 0.15) is 13.8 Å². The van der Waals surface area contributed by atoms with Gasteiger partial charge in [0.25, 0.3) is 0 Å². The van der Waals surface area contributed by atoms with E-state index in [0.29, 0.717) is 0 Å². The quantitative estimate of drug-likeness (QED) is 0.612. The molecule has 18 heavy (non-hydrogen) atoms. The lowest BCUT2D eigenvalue weighted by Crippen LogP contribution is -2.40. The van der Waals surface area contributed by atoms with E-state index < -0.39 is 25.6 Å². The molecule has 0 amide bonds. The molecule has 0 aromatic carbocycles. The Balaban J connectivity index is 4.78. The summed E-state index contributed by atoms with van der Waals surface area (Å²) in [4.78, 5) is 0.242. The topological polar surface area (TPSA) is 97.5 Å². The molecule has 9 heteroatoms. The van der Waals surface area contributed by atoms with E-state index in [9.17, 15) is 16.8 Å². The van der Waals surface area contributed by atoms with Gasteiger partial charge in [-0.25, -0.2) is 21.1 Å². The van der Waals surface area contributed by atoms with Crippen LogP contribution in [0.25, 0.3) is 0 Å². The van der Waals surface area contributed by atoms with Crippen molar-refractivity contribution in [1.82, 2.24) is 4.31 Å². The summed E-state index contributed by atoms with van der Waals surface area (Å²) in [5, 5.41) is 0. The molecule has 0 aromatic heterocycles. The van der Waals surface area contributed by atoms with Crippen molar-refractivity contribution in [3.8, 4) is 0 Å². The highest BCUT2D eigenvalue weighted by Gasteiger charge is 2.24. The molecule has 1 atom stereocenters. The predicted molar refractivity (Wildman–Crippen MR) is 76.7 cm³/mol. The first kappa shape index (κ1) is 17.8. The molecule has 0 radical (unpaired) electrons. The van der Waals surface area contributed by atoms with Crippen LogP contribution in [0, 0.1) is 5.92 Å². The molecule has 0 saturated carbocycles. The number of hydrogen-bond acceptors (Lipinski definition) is 5. The monoisotopic (exact) mass is 316 g/mol. The summed E-state index contributed by atoms with van der Waals surface area (Å²) in [5.74, 6) is -1.04. The van der Waals surface area contributed by atoms with Gasteiger partial charge in [-0.05, 0) is 0 Å². The molecular formula is C9H20N2O4S3. The summed E-state index contributed by atoms with van der Waals surface area (Å²) in [6.07, 6.45) is 1.01. The second kappa shape index (κ2) is 6.78. The molecule has 0 aromatic rings. The number of rotatable bonds is 8. The third-order valence-corrected chi connectivity index (χ3v) is 5.94. The minimum Gasteiger partial charge on any atom is -0.393 e. The van der Waals surface area contributed by atoms with Gasteiger partial charge in [0.1, 0.15) is 9.84 Å². The fourth-order valence-electron chi connectivity index (χ4n) is 1.22. The van der Waals surface area contributed by atoms with E-state index in [4.69, 9.17) is 18.0 Å². The van der Waals surface area contributed by atoms with Gasteiger partial charge >= 0.3 is 0 Å². The standard InChI is InChI=1S/C9H20N2O4S3/c1-4-11(7-8(2)9(10)16)18(14,15)6-5-17(3,12)13/h8H,4-7H2,1-3H3,(H2,10,16). The first-order valence-corrected chi connectivity index (χ1v) is 9.52. The average molecular weight is 316 g/mol. The van der Waals surface area contributed by atoms with Crippen LogP contribution < -0.4 is 5.73 Å². The molecule has 6 nitrogen and oxygen atoms in total. The third kappa shape index (κ3) is 6.62. The van der Waals surface area contributed by atoms with E-state index in [1.807, 2.05) is 0 Å². The Bertz CT molecular complexity index is 484. The van der Waals surface area contributed by atoms with Gasteiger partial charge in [0.15, 0.2) is 0 Å². The van der Waals surface area contributed by atoms with Crippen LogP contribution in [0.15, 0.2) is 0 Å². The molecule has 0 rings (SSSR count). The fraction of sp³-hybridized carbons (Fsp3) is 0.889. The van der Waals surface area contributed by atoms with Crippen molar-refractivity contribution in [3.05, 3.63) is 0 Å². The zero-order valence-electron chi connectivity index (χ0n) is 10.8. The highest BCUT2D eigenvalue weighted by molar-refractivity contribution is 7.93. The molecule has 1 unspecified atom stereocenters. The summed E-state index contributed by atoms with van der Waals surface area (Å²) in [5.41, 5.74) is 5.44. The molecule has 0 aliphatic carbocycles. The smallest absolute Gasteiger partial charge is 0.215 e. The molecule has 0 aliphatic rings. The lowest BCUT2D eigenvalue weighted by molar-refractivity contribution is 0.406. The van der Waals surface area contributed by atoms with Crippen molar-refractivity contribution < 1.29 is 16.8 Å². The number of nitrogens with two attached hydrogens (primary N) is 1. The third-order valence-electron chi connectivity index (χ3n) is 2.42. The van der Waals surface area contributed by atoms with Crippen LogP contribution >= 0.6 is 12.2 Å². The van der Waals surface area contributed by atoms with E-state index in [1.165, 1.54) is 4.31 Å².